The van der Waals surface area contributed by atoms with Crippen LogP contribution in [0.25, 0.3) is 0 Å². The zero-order valence-corrected chi connectivity index (χ0v) is 32.1. The van der Waals surface area contributed by atoms with Gasteiger partial charge in [-0.3, -0.25) is 28.8 Å². The first-order valence-corrected chi connectivity index (χ1v) is 20.2. The van der Waals surface area contributed by atoms with Gasteiger partial charge in [-0.2, -0.15) is 11.8 Å². The molecule has 18 nitrogen and oxygen atoms in total. The Labute approximate surface area is 320 Å². The number of H-pyrrole nitrogens is 1. The number of aromatic amines is 1. The zero-order chi connectivity index (χ0) is 39.5. The number of unbranched alkanes of at least 4 members (excludes halogenated alkanes) is 1. The quantitative estimate of drug-likeness (QED) is 0.0588. The normalized spacial score (nSPS) is 18.6. The molecule has 1 aliphatic carbocycles. The van der Waals surface area contributed by atoms with Crippen LogP contribution in [-0.4, -0.2) is 124 Å². The van der Waals surface area contributed by atoms with Gasteiger partial charge in [0.25, 0.3) is 0 Å². The third kappa shape index (κ3) is 15.3. The lowest BCUT2D eigenvalue weighted by molar-refractivity contribution is -0.142. The first-order chi connectivity index (χ1) is 25.9. The fourth-order valence-electron chi connectivity index (χ4n) is 6.58. The van der Waals surface area contributed by atoms with E-state index in [2.05, 4.69) is 47.2 Å². The second-order valence-corrected chi connectivity index (χ2v) is 14.9. The number of carboxylic acid groups (broad SMARTS) is 1. The summed E-state index contributed by atoms with van der Waals surface area (Å²) in [6.07, 6.45) is 13.1. The molecule has 1 saturated heterocycles. The Morgan fingerprint density at radius 3 is 2.22 bits per heavy atom. The summed E-state index contributed by atoms with van der Waals surface area (Å²) in [6, 6.07) is -5.80. The van der Waals surface area contributed by atoms with Crippen LogP contribution in [0.15, 0.2) is 12.5 Å². The summed E-state index contributed by atoms with van der Waals surface area (Å²) in [6.45, 7) is 2.07. The Morgan fingerprint density at radius 2 is 1.59 bits per heavy atom. The maximum absolute atomic E-state index is 13.6. The number of aromatic nitrogens is 2. The maximum atomic E-state index is 13.6. The molecular formula is C35H58N10O8S. The van der Waals surface area contributed by atoms with E-state index in [9.17, 15) is 38.7 Å². The Hall–Kier alpha value is -4.23. The third-order valence-electron chi connectivity index (χ3n) is 9.64. The number of nitrogens with one attached hydrogen (secondary N) is 8. The van der Waals surface area contributed by atoms with Gasteiger partial charge in [-0.25, -0.2) is 9.78 Å². The summed E-state index contributed by atoms with van der Waals surface area (Å²) in [4.78, 5) is 97.7. The number of hydrogen-bond acceptors (Lipinski definition) is 11. The first-order valence-electron chi connectivity index (χ1n) is 18.8. The topological polar surface area (TPSA) is 279 Å². The highest BCUT2D eigenvalue weighted by molar-refractivity contribution is 7.98. The van der Waals surface area contributed by atoms with Crippen molar-refractivity contribution in [3.8, 4) is 0 Å². The van der Waals surface area contributed by atoms with E-state index < -0.39 is 72.3 Å². The van der Waals surface area contributed by atoms with E-state index in [1.54, 1.807) is 6.26 Å². The van der Waals surface area contributed by atoms with Crippen LogP contribution in [0.4, 0.5) is 0 Å². The highest BCUT2D eigenvalue weighted by Crippen LogP contribution is 2.27. The molecule has 6 atom stereocenters. The monoisotopic (exact) mass is 778 g/mol. The highest BCUT2D eigenvalue weighted by atomic mass is 32.2. The molecule has 1 aromatic rings. The number of carboxylic acids is 1. The molecule has 0 spiro atoms. The number of thioether (sulfide) groups is 1. The van der Waals surface area contributed by atoms with E-state index in [-0.39, 0.29) is 36.5 Å². The molecule has 11 N–H and O–H groups in total. The lowest BCUT2D eigenvalue weighted by Crippen LogP contribution is -2.58. The molecule has 0 radical (unpaired) electrons. The smallest absolute Gasteiger partial charge is 0.326 e. The van der Waals surface area contributed by atoms with Crippen LogP contribution in [0.5, 0.6) is 0 Å². The van der Waals surface area contributed by atoms with Crippen LogP contribution >= 0.6 is 11.8 Å². The van der Waals surface area contributed by atoms with Crippen LogP contribution in [0.1, 0.15) is 83.2 Å². The highest BCUT2D eigenvalue weighted by Gasteiger charge is 2.32. The van der Waals surface area contributed by atoms with E-state index in [1.807, 2.05) is 0 Å². The molecule has 3 rings (SSSR count). The maximum Gasteiger partial charge on any atom is 0.326 e. The predicted molar refractivity (Wildman–Crippen MR) is 202 cm³/mol. The van der Waals surface area contributed by atoms with Crippen molar-refractivity contribution < 1.29 is 38.7 Å². The molecule has 0 bridgehead atoms. The van der Waals surface area contributed by atoms with Gasteiger partial charge >= 0.3 is 5.97 Å². The van der Waals surface area contributed by atoms with Gasteiger partial charge in [0.15, 0.2) is 0 Å². The minimum absolute atomic E-state index is 0.0385. The second-order valence-electron chi connectivity index (χ2n) is 14.0. The van der Waals surface area contributed by atoms with Gasteiger partial charge in [-0.1, -0.05) is 32.1 Å². The number of aliphatic carboxylic acids is 1. The van der Waals surface area contributed by atoms with Crippen molar-refractivity contribution in [2.75, 3.05) is 31.6 Å². The molecule has 2 aliphatic rings. The second kappa shape index (κ2) is 23.5. The van der Waals surface area contributed by atoms with Gasteiger partial charge in [-0.15, -0.1) is 0 Å². The number of rotatable bonds is 23. The molecule has 19 heteroatoms. The van der Waals surface area contributed by atoms with Crippen LogP contribution in [-0.2, 0) is 40.0 Å². The van der Waals surface area contributed by atoms with Gasteiger partial charge in [-0.05, 0) is 70.7 Å². The number of nitrogens with zero attached hydrogens (tertiary/aromatic N) is 1. The van der Waals surface area contributed by atoms with Gasteiger partial charge in [0, 0.05) is 24.1 Å². The van der Waals surface area contributed by atoms with Crippen molar-refractivity contribution in [1.82, 2.24) is 47.2 Å². The molecule has 1 aliphatic heterocycles. The van der Waals surface area contributed by atoms with E-state index in [0.717, 1.165) is 45.1 Å². The molecule has 0 aromatic carbocycles. The lowest BCUT2D eigenvalue weighted by Gasteiger charge is -2.27. The average molecular weight is 779 g/mol. The minimum atomic E-state index is -1.22. The van der Waals surface area contributed by atoms with E-state index >= 15 is 0 Å². The molecule has 6 amide bonds. The zero-order valence-electron chi connectivity index (χ0n) is 31.2. The Bertz CT molecular complexity index is 1390. The van der Waals surface area contributed by atoms with Gasteiger partial charge < -0.3 is 53.0 Å². The van der Waals surface area contributed by atoms with Crippen LogP contribution in [0.2, 0.25) is 0 Å². The van der Waals surface area contributed by atoms with Crippen LogP contribution in [0.3, 0.4) is 0 Å². The first kappa shape index (κ1) is 44.2. The number of hydrogen-bond donors (Lipinski definition) is 10. The molecule has 2 heterocycles. The van der Waals surface area contributed by atoms with Crippen molar-refractivity contribution in [3.05, 3.63) is 18.2 Å². The van der Waals surface area contributed by atoms with Crippen LogP contribution < -0.4 is 43.0 Å². The van der Waals surface area contributed by atoms with E-state index in [4.69, 9.17) is 5.73 Å². The van der Waals surface area contributed by atoms with E-state index in [0.29, 0.717) is 37.9 Å². The van der Waals surface area contributed by atoms with Crippen molar-refractivity contribution >= 4 is 53.2 Å². The van der Waals surface area contributed by atoms with E-state index in [1.165, 1.54) is 31.2 Å². The Kier molecular flexibility index (Phi) is 19.2. The van der Waals surface area contributed by atoms with Crippen molar-refractivity contribution in [3.63, 3.8) is 0 Å². The molecule has 0 unspecified atom stereocenters. The minimum Gasteiger partial charge on any atom is -0.480 e. The number of imidazole rings is 1. The Morgan fingerprint density at radius 1 is 0.870 bits per heavy atom. The van der Waals surface area contributed by atoms with Gasteiger partial charge in [0.1, 0.15) is 30.2 Å². The summed E-state index contributed by atoms with van der Waals surface area (Å²) in [5, 5.41) is 28.4. The number of carbonyl (C=O) groups is 7. The number of carbonyl (C=O) groups excluding carboxylic acids is 6. The van der Waals surface area contributed by atoms with Gasteiger partial charge in [0.2, 0.25) is 35.4 Å². The fraction of sp³-hybridized carbons (Fsp3) is 0.714. The molecule has 1 aromatic heterocycles. The summed E-state index contributed by atoms with van der Waals surface area (Å²) in [7, 11) is 0. The number of nitrogens with two attached hydrogens (primary N) is 1. The summed E-state index contributed by atoms with van der Waals surface area (Å²) >= 11 is 1.28. The number of amides is 6. The van der Waals surface area contributed by atoms with Crippen molar-refractivity contribution in [2.45, 2.75) is 120 Å². The molecule has 1 saturated carbocycles. The fourth-order valence-corrected chi connectivity index (χ4v) is 7.15. The van der Waals surface area contributed by atoms with Gasteiger partial charge in [0.05, 0.1) is 18.9 Å². The predicted octanol–water partition coefficient (Wildman–Crippen LogP) is -1.19. The molecular weight excluding hydrogens is 721 g/mol. The third-order valence-corrected chi connectivity index (χ3v) is 10.3. The standard InChI is InChI=1S/C35H58N10O8S/c1-21(30(47)43-25(35(52)53)11-6-7-13-36)41-33(50)27(16-23-17-37-20-40-23)45-34(51)28(19-54-2)42-29(46)18-39-31(48)26(15-22-9-4-3-5-10-22)44-32(49)24-12-8-14-38-24/h17,20-22,24-28,38H,3-16,18-19,36H2,1-2H3,(H,37,40)(H,39,48)(H,41,50)(H,42,46)(H,43,47)(H,44,49)(H,45,51)(H,52,53)/t21-,24-,25-,26-,27-,28-/m0/s1. The molecule has 302 valence electrons. The summed E-state index contributed by atoms with van der Waals surface area (Å²) < 4.78 is 0. The van der Waals surface area contributed by atoms with Crippen molar-refractivity contribution in [1.29, 1.82) is 0 Å². The molecule has 2 fully saturated rings. The largest absolute Gasteiger partial charge is 0.480 e. The summed E-state index contributed by atoms with van der Waals surface area (Å²) in [5.41, 5.74) is 5.99. The average Bonchev–Trinajstić information content (AvgIpc) is 3.88. The van der Waals surface area contributed by atoms with Crippen LogP contribution in [0, 0.1) is 5.92 Å². The lowest BCUT2D eigenvalue weighted by atomic mass is 9.84. The Balaban J connectivity index is 1.61. The summed E-state index contributed by atoms with van der Waals surface area (Å²) in [5.74, 6) is -4.28. The van der Waals surface area contributed by atoms with Crippen molar-refractivity contribution in [2.24, 2.45) is 11.7 Å². The SMILES string of the molecule is CSC[C@H](NC(=O)CNC(=O)[C@H](CC1CCCCC1)NC(=O)[C@@H]1CCCN1)C(=O)N[C@@H](Cc1cnc[nH]1)C(=O)N[C@@H](C)C(=O)N[C@@H](CCCCN)C(=O)O. The molecule has 54 heavy (non-hydrogen) atoms.